The lowest BCUT2D eigenvalue weighted by atomic mass is 9.95. The largest absolute Gasteiger partial charge is 0.389 e. The Kier molecular flexibility index (Phi) is 9.74. The van der Waals surface area contributed by atoms with Crippen LogP contribution in [0.1, 0.15) is 81.5 Å². The minimum Gasteiger partial charge on any atom is -0.389 e. The number of benzene rings is 2. The topological polar surface area (TPSA) is 132 Å². The fraction of sp³-hybridized carbons (Fsp3) is 0.485. The van der Waals surface area contributed by atoms with Gasteiger partial charge in [-0.15, -0.1) is 11.3 Å². The molecule has 10 nitrogen and oxygen atoms in total. The third kappa shape index (κ3) is 7.12. The number of rotatable bonds is 9. The van der Waals surface area contributed by atoms with Gasteiger partial charge in [-0.05, 0) is 94.3 Å². The summed E-state index contributed by atoms with van der Waals surface area (Å²) in [6.07, 6.45) is 3.60. The minimum absolute atomic E-state index is 0.0133. The number of sulfonamides is 1. The van der Waals surface area contributed by atoms with Crippen LogP contribution in [0.5, 0.6) is 0 Å². The molecule has 3 aromatic rings. The van der Waals surface area contributed by atoms with Crippen LogP contribution in [-0.2, 0) is 16.4 Å². The summed E-state index contributed by atoms with van der Waals surface area (Å²) in [5.74, 6) is -1.28. The van der Waals surface area contributed by atoms with E-state index in [1.807, 2.05) is 12.3 Å². The number of likely N-dealkylation sites (tertiary alicyclic amines) is 1. The normalized spacial score (nSPS) is 22.5. The number of halogens is 1. The van der Waals surface area contributed by atoms with Crippen LogP contribution in [0, 0.1) is 12.7 Å². The Labute approximate surface area is 273 Å². The smallest absolute Gasteiger partial charge is 0.254 e. The van der Waals surface area contributed by atoms with Gasteiger partial charge >= 0.3 is 0 Å². The van der Waals surface area contributed by atoms with Gasteiger partial charge in [-0.2, -0.15) is 0 Å². The van der Waals surface area contributed by atoms with Gasteiger partial charge in [0.15, 0.2) is 0 Å². The minimum atomic E-state index is -3.64. The fourth-order valence-corrected chi connectivity index (χ4v) is 9.32. The molecule has 0 aliphatic carbocycles. The molecule has 0 radical (unpaired) electrons. The van der Waals surface area contributed by atoms with Crippen molar-refractivity contribution in [3.63, 3.8) is 0 Å². The summed E-state index contributed by atoms with van der Waals surface area (Å²) in [7, 11) is -3.64. The number of hydrogen-bond acceptors (Lipinski definition) is 8. The van der Waals surface area contributed by atoms with E-state index in [0.717, 1.165) is 42.9 Å². The summed E-state index contributed by atoms with van der Waals surface area (Å²) in [5, 5.41) is 20.4. The zero-order chi connectivity index (χ0) is 32.4. The van der Waals surface area contributed by atoms with Crippen molar-refractivity contribution in [1.29, 1.82) is 0 Å². The van der Waals surface area contributed by atoms with E-state index >= 15 is 0 Å². The van der Waals surface area contributed by atoms with Crippen LogP contribution in [0.2, 0.25) is 0 Å². The molecule has 4 heterocycles. The first-order valence-corrected chi connectivity index (χ1v) is 18.4. The van der Waals surface area contributed by atoms with Crippen LogP contribution in [0.15, 0.2) is 47.8 Å². The van der Waals surface area contributed by atoms with E-state index in [1.165, 1.54) is 39.9 Å². The lowest BCUT2D eigenvalue weighted by Gasteiger charge is -2.30. The Morgan fingerprint density at radius 3 is 2.65 bits per heavy atom. The summed E-state index contributed by atoms with van der Waals surface area (Å²) in [6.45, 7) is 3.43. The lowest BCUT2D eigenvalue weighted by molar-refractivity contribution is 0.0733. The van der Waals surface area contributed by atoms with Gasteiger partial charge in [-0.1, -0.05) is 12.1 Å². The van der Waals surface area contributed by atoms with Crippen LogP contribution < -0.4 is 14.9 Å². The number of aliphatic hydroxyl groups excluding tert-OH is 1. The molecule has 6 rings (SSSR count). The summed E-state index contributed by atoms with van der Waals surface area (Å²) in [5.41, 5.74) is 2.08. The monoisotopic (exact) mass is 669 g/mol. The van der Waals surface area contributed by atoms with Gasteiger partial charge in [0, 0.05) is 41.3 Å². The molecule has 3 N–H and O–H groups in total. The van der Waals surface area contributed by atoms with Gasteiger partial charge in [0.25, 0.3) is 11.8 Å². The van der Waals surface area contributed by atoms with Crippen LogP contribution in [0.3, 0.4) is 0 Å². The standard InChI is InChI=1S/C33H40FN5O5S2/c1-21-20-45-32(36-21)29-10-6-12-38(29)33(42)24-17-23(18-26(19-24)39-13-2-3-14-46(39,43)44)31(41)37-28(30(40)27-9-5-11-35-27)16-22-7-4-8-25(34)15-22/h4,7-8,15,17-20,27-30,35,40H,2-3,5-6,9-14,16H2,1H3,(H,37,41)/t27-,28+,29+,30+/m0/s1. The molecule has 46 heavy (non-hydrogen) atoms. The first-order chi connectivity index (χ1) is 22.1. The molecule has 3 fully saturated rings. The van der Waals surface area contributed by atoms with Crippen LogP contribution in [-0.4, -0.2) is 78.8 Å². The Bertz CT molecular complexity index is 1690. The maximum absolute atomic E-state index is 14.1. The molecule has 3 aliphatic rings. The molecule has 3 saturated heterocycles. The average molecular weight is 670 g/mol. The molecule has 0 spiro atoms. The molecule has 4 atom stereocenters. The molecular formula is C33H40FN5O5S2. The van der Waals surface area contributed by atoms with Gasteiger partial charge in [0.05, 0.1) is 29.6 Å². The molecule has 3 aliphatic heterocycles. The molecule has 2 aromatic carbocycles. The molecule has 1 aromatic heterocycles. The predicted octanol–water partition coefficient (Wildman–Crippen LogP) is 3.95. The Morgan fingerprint density at radius 2 is 1.93 bits per heavy atom. The SMILES string of the molecule is Cc1csc([C@H]2CCCN2C(=O)c2cc(C(=O)N[C@H](Cc3cccc(F)c3)[C@H](O)[C@@H]3CCCN3)cc(N3CCCCS3(=O)=O)c2)n1. The van der Waals surface area contributed by atoms with Gasteiger partial charge in [0.2, 0.25) is 10.0 Å². The quantitative estimate of drug-likeness (QED) is 0.315. The lowest BCUT2D eigenvalue weighted by Crippen LogP contribution is -2.52. The van der Waals surface area contributed by atoms with E-state index in [1.54, 1.807) is 23.1 Å². The summed E-state index contributed by atoms with van der Waals surface area (Å²) in [4.78, 5) is 34.5. The second-order valence-corrected chi connectivity index (χ2v) is 15.4. The second kappa shape index (κ2) is 13.8. The predicted molar refractivity (Wildman–Crippen MR) is 175 cm³/mol. The number of carbonyl (C=O) groups is 2. The number of aromatic nitrogens is 1. The van der Waals surface area contributed by atoms with Crippen molar-refractivity contribution in [1.82, 2.24) is 20.5 Å². The first-order valence-electron chi connectivity index (χ1n) is 15.9. The van der Waals surface area contributed by atoms with Gasteiger partial charge in [-0.3, -0.25) is 13.9 Å². The zero-order valence-electron chi connectivity index (χ0n) is 25.8. The summed E-state index contributed by atoms with van der Waals surface area (Å²) >= 11 is 1.51. The number of carbonyl (C=O) groups excluding carboxylic acids is 2. The number of nitrogens with one attached hydrogen (secondary N) is 2. The van der Waals surface area contributed by atoms with E-state index < -0.39 is 33.9 Å². The van der Waals surface area contributed by atoms with E-state index in [2.05, 4.69) is 15.6 Å². The number of hydrogen-bond donors (Lipinski definition) is 3. The van der Waals surface area contributed by atoms with Crippen molar-refractivity contribution in [3.05, 3.63) is 81.1 Å². The molecule has 246 valence electrons. The highest BCUT2D eigenvalue weighted by molar-refractivity contribution is 7.92. The van der Waals surface area contributed by atoms with Crippen molar-refractivity contribution in [3.8, 4) is 0 Å². The number of nitrogens with zero attached hydrogens (tertiary/aromatic N) is 3. The van der Waals surface area contributed by atoms with Crippen LogP contribution in [0.4, 0.5) is 10.1 Å². The Balaban J connectivity index is 1.34. The van der Waals surface area contributed by atoms with Crippen molar-refractivity contribution in [2.24, 2.45) is 0 Å². The van der Waals surface area contributed by atoms with E-state index in [0.29, 0.717) is 24.9 Å². The third-order valence-corrected chi connectivity index (χ3v) is 12.0. The van der Waals surface area contributed by atoms with Crippen molar-refractivity contribution < 1.29 is 27.5 Å². The second-order valence-electron chi connectivity index (χ2n) is 12.5. The van der Waals surface area contributed by atoms with Crippen molar-refractivity contribution >= 4 is 38.9 Å². The van der Waals surface area contributed by atoms with Crippen LogP contribution >= 0.6 is 11.3 Å². The average Bonchev–Trinajstić information content (AvgIpc) is 3.82. The summed E-state index contributed by atoms with van der Waals surface area (Å²) < 4.78 is 41.6. The number of aryl methyl sites for hydroxylation is 1. The number of thiazole rings is 1. The maximum Gasteiger partial charge on any atom is 0.254 e. The molecule has 0 bridgehead atoms. The first kappa shape index (κ1) is 32.5. The number of aliphatic hydroxyl groups is 1. The van der Waals surface area contributed by atoms with Crippen molar-refractivity contribution in [2.45, 2.75) is 76.1 Å². The molecule has 2 amide bonds. The van der Waals surface area contributed by atoms with Gasteiger partial charge in [0.1, 0.15) is 10.8 Å². The zero-order valence-corrected chi connectivity index (χ0v) is 27.5. The molecule has 0 saturated carbocycles. The van der Waals surface area contributed by atoms with Crippen molar-refractivity contribution in [2.75, 3.05) is 29.7 Å². The van der Waals surface area contributed by atoms with Gasteiger partial charge < -0.3 is 20.6 Å². The molecule has 13 heteroatoms. The highest BCUT2D eigenvalue weighted by Crippen LogP contribution is 2.36. The molecule has 0 unspecified atom stereocenters. The number of anilines is 1. The van der Waals surface area contributed by atoms with Gasteiger partial charge in [-0.25, -0.2) is 17.8 Å². The van der Waals surface area contributed by atoms with E-state index in [9.17, 15) is 27.5 Å². The summed E-state index contributed by atoms with van der Waals surface area (Å²) in [6, 6.07) is 9.38. The Hall–Kier alpha value is -3.39. The molecular weight excluding hydrogens is 630 g/mol. The fourth-order valence-electron chi connectivity index (χ4n) is 6.76. The Morgan fingerprint density at radius 1 is 1.11 bits per heavy atom. The highest BCUT2D eigenvalue weighted by atomic mass is 32.2. The maximum atomic E-state index is 14.1. The highest BCUT2D eigenvalue weighted by Gasteiger charge is 2.35. The van der Waals surface area contributed by atoms with E-state index in [4.69, 9.17) is 0 Å². The van der Waals surface area contributed by atoms with E-state index in [-0.39, 0.29) is 53.5 Å². The third-order valence-electron chi connectivity index (χ3n) is 9.08. The van der Waals surface area contributed by atoms with Crippen LogP contribution in [0.25, 0.3) is 0 Å². The number of amides is 2.